The molecule has 3 aromatic rings. The molecule has 4 nitrogen and oxygen atoms in total. The first-order valence-electron chi connectivity index (χ1n) is 9.24. The molecule has 1 aliphatic heterocycles. The van der Waals surface area contributed by atoms with Gasteiger partial charge in [-0.3, -0.25) is 9.48 Å². The van der Waals surface area contributed by atoms with E-state index in [4.69, 9.17) is 0 Å². The standard InChI is InChI=1S/C22H25N3O/c1-22(2,3)25-20-11-12-24(15-18(20)14-23-25)21(26)13-17-9-6-8-16-7-4-5-10-19(16)17/h4-10,14H,11-13,15H2,1-3H3. The summed E-state index contributed by atoms with van der Waals surface area (Å²) >= 11 is 0. The molecule has 0 bridgehead atoms. The van der Waals surface area contributed by atoms with Crippen LogP contribution in [0.15, 0.2) is 48.7 Å². The quantitative estimate of drug-likeness (QED) is 0.705. The summed E-state index contributed by atoms with van der Waals surface area (Å²) in [6.45, 7) is 7.92. The van der Waals surface area contributed by atoms with Crippen LogP contribution in [-0.4, -0.2) is 27.1 Å². The average Bonchev–Trinajstić information content (AvgIpc) is 3.05. The molecule has 2 heterocycles. The molecule has 0 N–H and O–H groups in total. The van der Waals surface area contributed by atoms with Crippen molar-refractivity contribution in [1.82, 2.24) is 14.7 Å². The molecule has 1 aliphatic rings. The van der Waals surface area contributed by atoms with Gasteiger partial charge in [-0.05, 0) is 37.1 Å². The van der Waals surface area contributed by atoms with E-state index in [0.717, 1.165) is 18.5 Å². The Labute approximate surface area is 154 Å². The van der Waals surface area contributed by atoms with Crippen molar-refractivity contribution in [2.75, 3.05) is 6.54 Å². The number of fused-ring (bicyclic) bond motifs is 2. The molecule has 4 rings (SSSR count). The van der Waals surface area contributed by atoms with Gasteiger partial charge in [0.05, 0.1) is 18.2 Å². The van der Waals surface area contributed by atoms with E-state index >= 15 is 0 Å². The van der Waals surface area contributed by atoms with E-state index in [1.54, 1.807) is 0 Å². The smallest absolute Gasteiger partial charge is 0.227 e. The highest BCUT2D eigenvalue weighted by molar-refractivity contribution is 5.90. The van der Waals surface area contributed by atoms with E-state index in [1.165, 1.54) is 22.0 Å². The Hall–Kier alpha value is -2.62. The molecule has 0 fully saturated rings. The summed E-state index contributed by atoms with van der Waals surface area (Å²) in [6.07, 6.45) is 3.25. The molecule has 0 atom stereocenters. The Morgan fingerprint density at radius 1 is 1.12 bits per heavy atom. The van der Waals surface area contributed by atoms with Gasteiger partial charge in [0.25, 0.3) is 0 Å². The zero-order valence-corrected chi connectivity index (χ0v) is 15.7. The maximum absolute atomic E-state index is 12.9. The number of hydrogen-bond acceptors (Lipinski definition) is 2. The third-order valence-corrected chi connectivity index (χ3v) is 5.14. The Kier molecular flexibility index (Phi) is 4.06. The van der Waals surface area contributed by atoms with E-state index < -0.39 is 0 Å². The molecular formula is C22H25N3O. The maximum Gasteiger partial charge on any atom is 0.227 e. The van der Waals surface area contributed by atoms with Crippen molar-refractivity contribution in [3.05, 3.63) is 65.5 Å². The van der Waals surface area contributed by atoms with E-state index in [-0.39, 0.29) is 11.4 Å². The SMILES string of the molecule is CC(C)(C)n1ncc2c1CCN(C(=O)Cc1cccc3ccccc13)C2. The summed E-state index contributed by atoms with van der Waals surface area (Å²) in [7, 11) is 0. The number of carbonyl (C=O) groups excluding carboxylic acids is 1. The molecule has 0 radical (unpaired) electrons. The van der Waals surface area contributed by atoms with Crippen molar-refractivity contribution in [3.63, 3.8) is 0 Å². The minimum Gasteiger partial charge on any atom is -0.338 e. The van der Waals surface area contributed by atoms with Crippen LogP contribution in [-0.2, 0) is 29.7 Å². The summed E-state index contributed by atoms with van der Waals surface area (Å²) in [5.41, 5.74) is 3.52. The second-order valence-corrected chi connectivity index (χ2v) is 8.08. The Balaban J connectivity index is 1.54. The first-order valence-corrected chi connectivity index (χ1v) is 9.24. The van der Waals surface area contributed by atoms with E-state index in [2.05, 4.69) is 54.8 Å². The zero-order chi connectivity index (χ0) is 18.3. The van der Waals surface area contributed by atoms with Crippen molar-refractivity contribution >= 4 is 16.7 Å². The number of benzene rings is 2. The van der Waals surface area contributed by atoms with E-state index in [9.17, 15) is 4.79 Å². The zero-order valence-electron chi connectivity index (χ0n) is 15.7. The van der Waals surface area contributed by atoms with Gasteiger partial charge < -0.3 is 4.90 Å². The molecule has 1 aromatic heterocycles. The number of rotatable bonds is 2. The average molecular weight is 347 g/mol. The van der Waals surface area contributed by atoms with Crippen LogP contribution in [0.3, 0.4) is 0 Å². The van der Waals surface area contributed by atoms with Crippen LogP contribution in [0, 0.1) is 0 Å². The first kappa shape index (κ1) is 16.8. The Bertz CT molecular complexity index is 960. The van der Waals surface area contributed by atoms with Crippen LogP contribution in [0.4, 0.5) is 0 Å². The number of hydrogen-bond donors (Lipinski definition) is 0. The third kappa shape index (κ3) is 3.00. The van der Waals surface area contributed by atoms with Gasteiger partial charge in [0.15, 0.2) is 0 Å². The van der Waals surface area contributed by atoms with Gasteiger partial charge in [0.1, 0.15) is 0 Å². The monoisotopic (exact) mass is 347 g/mol. The Morgan fingerprint density at radius 3 is 2.69 bits per heavy atom. The van der Waals surface area contributed by atoms with Gasteiger partial charge in [-0.25, -0.2) is 0 Å². The number of carbonyl (C=O) groups is 1. The van der Waals surface area contributed by atoms with Gasteiger partial charge in [-0.1, -0.05) is 42.5 Å². The molecule has 1 amide bonds. The highest BCUT2D eigenvalue weighted by atomic mass is 16.2. The fraction of sp³-hybridized carbons (Fsp3) is 0.364. The van der Waals surface area contributed by atoms with Gasteiger partial charge >= 0.3 is 0 Å². The summed E-state index contributed by atoms with van der Waals surface area (Å²) in [5, 5.41) is 6.92. The third-order valence-electron chi connectivity index (χ3n) is 5.14. The number of aromatic nitrogens is 2. The molecule has 0 spiro atoms. The van der Waals surface area contributed by atoms with Crippen LogP contribution >= 0.6 is 0 Å². The summed E-state index contributed by atoms with van der Waals surface area (Å²) < 4.78 is 2.11. The molecule has 2 aromatic carbocycles. The summed E-state index contributed by atoms with van der Waals surface area (Å²) in [6, 6.07) is 14.4. The minimum atomic E-state index is -0.0251. The summed E-state index contributed by atoms with van der Waals surface area (Å²) in [5.74, 6) is 0.190. The predicted molar refractivity (Wildman–Crippen MR) is 104 cm³/mol. The van der Waals surface area contributed by atoms with Crippen molar-refractivity contribution in [2.24, 2.45) is 0 Å². The van der Waals surface area contributed by atoms with Crippen LogP contribution in [0.25, 0.3) is 10.8 Å². The van der Waals surface area contributed by atoms with Crippen LogP contribution in [0.1, 0.15) is 37.6 Å². The Morgan fingerprint density at radius 2 is 1.88 bits per heavy atom. The second kappa shape index (κ2) is 6.27. The molecule has 134 valence electrons. The van der Waals surface area contributed by atoms with E-state index in [1.807, 2.05) is 29.3 Å². The van der Waals surface area contributed by atoms with Crippen LogP contribution < -0.4 is 0 Å². The van der Waals surface area contributed by atoms with Crippen LogP contribution in [0.2, 0.25) is 0 Å². The topological polar surface area (TPSA) is 38.1 Å². The van der Waals surface area contributed by atoms with Gasteiger partial charge in [0.2, 0.25) is 5.91 Å². The maximum atomic E-state index is 12.9. The van der Waals surface area contributed by atoms with Gasteiger partial charge in [-0.2, -0.15) is 5.10 Å². The lowest BCUT2D eigenvalue weighted by molar-refractivity contribution is -0.131. The molecule has 0 saturated carbocycles. The fourth-order valence-corrected chi connectivity index (χ4v) is 3.84. The number of nitrogens with zero attached hydrogens (tertiary/aromatic N) is 3. The molecule has 4 heteroatoms. The molecule has 26 heavy (non-hydrogen) atoms. The second-order valence-electron chi connectivity index (χ2n) is 8.08. The van der Waals surface area contributed by atoms with Gasteiger partial charge in [0, 0.05) is 30.8 Å². The highest BCUT2D eigenvalue weighted by Crippen LogP contribution is 2.25. The lowest BCUT2D eigenvalue weighted by Gasteiger charge is -2.30. The minimum absolute atomic E-state index is 0.0251. The van der Waals surface area contributed by atoms with Crippen molar-refractivity contribution in [3.8, 4) is 0 Å². The van der Waals surface area contributed by atoms with E-state index in [0.29, 0.717) is 13.0 Å². The van der Waals surface area contributed by atoms with Crippen molar-refractivity contribution in [2.45, 2.75) is 45.7 Å². The number of amides is 1. The lowest BCUT2D eigenvalue weighted by atomic mass is 10.0. The first-order chi connectivity index (χ1) is 12.4. The van der Waals surface area contributed by atoms with Crippen LogP contribution in [0.5, 0.6) is 0 Å². The van der Waals surface area contributed by atoms with Crippen molar-refractivity contribution < 1.29 is 4.79 Å². The molecule has 0 aliphatic carbocycles. The molecule has 0 saturated heterocycles. The molecule has 0 unspecified atom stereocenters. The summed E-state index contributed by atoms with van der Waals surface area (Å²) in [4.78, 5) is 14.9. The lowest BCUT2D eigenvalue weighted by Crippen LogP contribution is -2.38. The normalized spacial score (nSPS) is 14.5. The largest absolute Gasteiger partial charge is 0.338 e. The predicted octanol–water partition coefficient (Wildman–Crippen LogP) is 3.92. The van der Waals surface area contributed by atoms with Crippen molar-refractivity contribution in [1.29, 1.82) is 0 Å². The molecular weight excluding hydrogens is 322 g/mol. The van der Waals surface area contributed by atoms with Gasteiger partial charge in [-0.15, -0.1) is 0 Å². The highest BCUT2D eigenvalue weighted by Gasteiger charge is 2.27. The fourth-order valence-electron chi connectivity index (χ4n) is 3.84.